The Kier molecular flexibility index (Phi) is 3.19. The van der Waals surface area contributed by atoms with E-state index < -0.39 is 5.92 Å². The second-order valence-electron chi connectivity index (χ2n) is 2.48. The summed E-state index contributed by atoms with van der Waals surface area (Å²) in [6, 6.07) is 0. The number of carbonyl (C=O) groups excluding carboxylic acids is 1. The van der Waals surface area contributed by atoms with Crippen LogP contribution in [0.5, 0.6) is 0 Å². The van der Waals surface area contributed by atoms with E-state index in [1.807, 2.05) is 0 Å². The van der Waals surface area contributed by atoms with Crippen LogP contribution in [0.25, 0.3) is 0 Å². The van der Waals surface area contributed by atoms with Gasteiger partial charge in [0.05, 0.1) is 18.7 Å². The molecule has 1 aromatic heterocycles. The van der Waals surface area contributed by atoms with Crippen LogP contribution in [0.15, 0.2) is 12.4 Å². The molecule has 4 nitrogen and oxygen atoms in total. The van der Waals surface area contributed by atoms with Crippen molar-refractivity contribution in [3.05, 3.63) is 23.2 Å². The van der Waals surface area contributed by atoms with Crippen LogP contribution in [-0.2, 0) is 9.53 Å². The molecular formula is C8H9ClN2O2. The summed E-state index contributed by atoms with van der Waals surface area (Å²) in [5.41, 5.74) is 0.441. The predicted molar refractivity (Wildman–Crippen MR) is 47.5 cm³/mol. The van der Waals surface area contributed by atoms with Gasteiger partial charge in [-0.1, -0.05) is 11.6 Å². The molecule has 0 bridgehead atoms. The Morgan fingerprint density at radius 1 is 1.54 bits per heavy atom. The molecule has 0 aromatic carbocycles. The first-order chi connectivity index (χ1) is 6.16. The summed E-state index contributed by atoms with van der Waals surface area (Å²) in [5.74, 6) is -0.853. The number of hydrogen-bond acceptors (Lipinski definition) is 4. The number of esters is 1. The third-order valence-corrected chi connectivity index (χ3v) is 1.94. The van der Waals surface area contributed by atoms with Crippen molar-refractivity contribution in [2.75, 3.05) is 7.11 Å². The Hall–Kier alpha value is -1.16. The fraction of sp³-hybridized carbons (Fsp3) is 0.375. The van der Waals surface area contributed by atoms with Gasteiger partial charge in [-0.05, 0) is 6.92 Å². The Morgan fingerprint density at radius 3 is 2.69 bits per heavy atom. The monoisotopic (exact) mass is 200 g/mol. The number of nitrogens with zero attached hydrogens (tertiary/aromatic N) is 2. The maximum absolute atomic E-state index is 11.1. The van der Waals surface area contributed by atoms with E-state index in [9.17, 15) is 4.79 Å². The van der Waals surface area contributed by atoms with Gasteiger partial charge in [0, 0.05) is 12.4 Å². The maximum atomic E-state index is 11.1. The molecule has 0 saturated carbocycles. The van der Waals surface area contributed by atoms with E-state index >= 15 is 0 Å². The third-order valence-electron chi connectivity index (χ3n) is 1.64. The first kappa shape index (κ1) is 9.92. The van der Waals surface area contributed by atoms with Gasteiger partial charge in [0.2, 0.25) is 0 Å². The standard InChI is InChI=1S/C8H9ClN2O2/c1-5(8(12)13-2)6-7(9)11-4-3-10-6/h3-5H,1-2H3. The number of methoxy groups -OCH3 is 1. The lowest BCUT2D eigenvalue weighted by Gasteiger charge is -2.08. The quantitative estimate of drug-likeness (QED) is 0.678. The largest absolute Gasteiger partial charge is 0.469 e. The summed E-state index contributed by atoms with van der Waals surface area (Å²) in [7, 11) is 1.32. The molecule has 0 aliphatic carbocycles. The Bertz CT molecular complexity index is 317. The summed E-state index contributed by atoms with van der Waals surface area (Å²) in [4.78, 5) is 18.9. The fourth-order valence-electron chi connectivity index (χ4n) is 0.911. The highest BCUT2D eigenvalue weighted by Gasteiger charge is 2.20. The summed E-state index contributed by atoms with van der Waals surface area (Å²) in [6.45, 7) is 1.67. The van der Waals surface area contributed by atoms with Crippen molar-refractivity contribution in [2.45, 2.75) is 12.8 Å². The third kappa shape index (κ3) is 2.15. The van der Waals surface area contributed by atoms with Gasteiger partial charge in [0.25, 0.3) is 0 Å². The molecule has 0 aliphatic heterocycles. The average Bonchev–Trinajstić information content (AvgIpc) is 2.16. The van der Waals surface area contributed by atoms with Gasteiger partial charge in [0.1, 0.15) is 0 Å². The lowest BCUT2D eigenvalue weighted by Crippen LogP contribution is -2.13. The van der Waals surface area contributed by atoms with E-state index in [0.29, 0.717) is 5.69 Å². The van der Waals surface area contributed by atoms with Crippen LogP contribution in [0.1, 0.15) is 18.5 Å². The van der Waals surface area contributed by atoms with E-state index in [-0.39, 0.29) is 11.1 Å². The minimum atomic E-state index is -0.480. The fourth-order valence-corrected chi connectivity index (χ4v) is 1.18. The van der Waals surface area contributed by atoms with Gasteiger partial charge >= 0.3 is 5.97 Å². The van der Waals surface area contributed by atoms with Crippen LogP contribution in [0.4, 0.5) is 0 Å². The molecular weight excluding hydrogens is 192 g/mol. The highest BCUT2D eigenvalue weighted by atomic mass is 35.5. The van der Waals surface area contributed by atoms with Gasteiger partial charge in [-0.2, -0.15) is 0 Å². The molecule has 0 saturated heterocycles. The molecule has 0 amide bonds. The van der Waals surface area contributed by atoms with E-state index in [4.69, 9.17) is 11.6 Å². The maximum Gasteiger partial charge on any atom is 0.314 e. The van der Waals surface area contributed by atoms with Gasteiger partial charge < -0.3 is 4.74 Å². The summed E-state index contributed by atoms with van der Waals surface area (Å²) >= 11 is 5.74. The van der Waals surface area contributed by atoms with Gasteiger partial charge in [-0.15, -0.1) is 0 Å². The minimum Gasteiger partial charge on any atom is -0.469 e. The summed E-state index contributed by atoms with van der Waals surface area (Å²) < 4.78 is 4.56. The molecule has 1 atom stereocenters. The average molecular weight is 201 g/mol. The first-order valence-corrected chi connectivity index (χ1v) is 4.09. The van der Waals surface area contributed by atoms with Gasteiger partial charge in [-0.25, -0.2) is 4.98 Å². The van der Waals surface area contributed by atoms with Crippen LogP contribution < -0.4 is 0 Å². The highest BCUT2D eigenvalue weighted by Crippen LogP contribution is 2.20. The molecule has 0 fully saturated rings. The molecule has 0 aliphatic rings. The van der Waals surface area contributed by atoms with Crippen LogP contribution in [0.3, 0.4) is 0 Å². The van der Waals surface area contributed by atoms with Crippen molar-refractivity contribution in [1.82, 2.24) is 9.97 Å². The number of rotatable bonds is 2. The second-order valence-corrected chi connectivity index (χ2v) is 2.84. The minimum absolute atomic E-state index is 0.236. The predicted octanol–water partition coefficient (Wildman–Crippen LogP) is 1.41. The van der Waals surface area contributed by atoms with Gasteiger partial charge in [0.15, 0.2) is 5.15 Å². The molecule has 0 spiro atoms. The summed E-state index contributed by atoms with van der Waals surface area (Å²) in [6.07, 6.45) is 2.95. The van der Waals surface area contributed by atoms with Crippen molar-refractivity contribution in [3.8, 4) is 0 Å². The Labute approximate surface area is 80.9 Å². The molecule has 1 unspecified atom stereocenters. The van der Waals surface area contributed by atoms with Crippen molar-refractivity contribution in [3.63, 3.8) is 0 Å². The second kappa shape index (κ2) is 4.18. The first-order valence-electron chi connectivity index (χ1n) is 3.71. The smallest absolute Gasteiger partial charge is 0.314 e. The Balaban J connectivity index is 2.95. The van der Waals surface area contributed by atoms with Crippen molar-refractivity contribution < 1.29 is 9.53 Å². The van der Waals surface area contributed by atoms with Crippen molar-refractivity contribution in [2.24, 2.45) is 0 Å². The highest BCUT2D eigenvalue weighted by molar-refractivity contribution is 6.30. The van der Waals surface area contributed by atoms with Gasteiger partial charge in [-0.3, -0.25) is 9.78 Å². The lowest BCUT2D eigenvalue weighted by molar-refractivity contribution is -0.142. The molecule has 0 N–H and O–H groups in total. The number of halogens is 1. The number of hydrogen-bond donors (Lipinski definition) is 0. The van der Waals surface area contributed by atoms with E-state index in [2.05, 4.69) is 14.7 Å². The molecule has 1 heterocycles. The molecule has 70 valence electrons. The summed E-state index contributed by atoms with van der Waals surface area (Å²) in [5, 5.41) is 0.236. The van der Waals surface area contributed by atoms with Crippen LogP contribution in [-0.4, -0.2) is 23.0 Å². The van der Waals surface area contributed by atoms with E-state index in [0.717, 1.165) is 0 Å². The van der Waals surface area contributed by atoms with Crippen LogP contribution in [0.2, 0.25) is 5.15 Å². The number of aromatic nitrogens is 2. The Morgan fingerprint density at radius 2 is 2.15 bits per heavy atom. The van der Waals surface area contributed by atoms with Crippen molar-refractivity contribution >= 4 is 17.6 Å². The zero-order valence-electron chi connectivity index (χ0n) is 7.32. The van der Waals surface area contributed by atoms with E-state index in [1.165, 1.54) is 19.5 Å². The van der Waals surface area contributed by atoms with Crippen LogP contribution >= 0.6 is 11.6 Å². The molecule has 13 heavy (non-hydrogen) atoms. The lowest BCUT2D eigenvalue weighted by atomic mass is 10.1. The number of ether oxygens (including phenoxy) is 1. The molecule has 5 heteroatoms. The number of carbonyl (C=O) groups is 1. The SMILES string of the molecule is COC(=O)C(C)c1nccnc1Cl. The zero-order valence-corrected chi connectivity index (χ0v) is 8.08. The van der Waals surface area contributed by atoms with Crippen molar-refractivity contribution in [1.29, 1.82) is 0 Å². The van der Waals surface area contributed by atoms with Crippen LogP contribution in [0, 0.1) is 0 Å². The molecule has 1 aromatic rings. The normalized spacial score (nSPS) is 12.2. The zero-order chi connectivity index (χ0) is 9.84. The molecule has 1 rings (SSSR count). The topological polar surface area (TPSA) is 52.1 Å². The molecule has 0 radical (unpaired) electrons. The van der Waals surface area contributed by atoms with E-state index in [1.54, 1.807) is 6.92 Å².